The minimum atomic E-state index is -4.44. The molecule has 5 rings (SSSR count). The molecule has 1 fully saturated rings. The molecule has 0 radical (unpaired) electrons. The van der Waals surface area contributed by atoms with Gasteiger partial charge in [-0.15, -0.1) is 0 Å². The van der Waals surface area contributed by atoms with Crippen LogP contribution in [0, 0.1) is 0 Å². The monoisotopic (exact) mass is 538 g/mol. The number of carbonyl (C=O) groups is 1. The Morgan fingerprint density at radius 3 is 2.36 bits per heavy atom. The van der Waals surface area contributed by atoms with E-state index in [1.807, 2.05) is 4.90 Å². The molecule has 2 aromatic heterocycles. The summed E-state index contributed by atoms with van der Waals surface area (Å²) in [5, 5.41) is 3.76. The summed E-state index contributed by atoms with van der Waals surface area (Å²) >= 11 is 0. The van der Waals surface area contributed by atoms with Crippen LogP contribution in [0.5, 0.6) is 11.8 Å². The van der Waals surface area contributed by atoms with Gasteiger partial charge in [0.15, 0.2) is 5.82 Å². The van der Waals surface area contributed by atoms with Crippen LogP contribution in [-0.4, -0.2) is 66.2 Å². The van der Waals surface area contributed by atoms with E-state index in [9.17, 15) is 18.0 Å². The lowest BCUT2D eigenvalue weighted by Gasteiger charge is -2.35. The molecule has 12 heteroatoms. The highest BCUT2D eigenvalue weighted by Gasteiger charge is 2.31. The lowest BCUT2D eigenvalue weighted by atomic mass is 10.1. The van der Waals surface area contributed by atoms with E-state index in [1.54, 1.807) is 35.2 Å². The van der Waals surface area contributed by atoms with Crippen LogP contribution in [0.1, 0.15) is 15.9 Å². The molecule has 1 aliphatic rings. The van der Waals surface area contributed by atoms with Crippen LogP contribution in [0.25, 0.3) is 10.9 Å². The van der Waals surface area contributed by atoms with Crippen LogP contribution in [0.15, 0.2) is 60.9 Å². The summed E-state index contributed by atoms with van der Waals surface area (Å²) in [4.78, 5) is 29.7. The first-order chi connectivity index (χ1) is 18.8. The molecule has 0 saturated carbocycles. The zero-order valence-electron chi connectivity index (χ0n) is 21.2. The largest absolute Gasteiger partial charge is 0.480 e. The van der Waals surface area contributed by atoms with E-state index in [0.29, 0.717) is 66.1 Å². The average Bonchev–Trinajstić information content (AvgIpc) is 2.96. The van der Waals surface area contributed by atoms with Gasteiger partial charge in [0.2, 0.25) is 5.88 Å². The summed E-state index contributed by atoms with van der Waals surface area (Å²) in [7, 11) is 3.03. The van der Waals surface area contributed by atoms with Gasteiger partial charge >= 0.3 is 6.18 Å². The number of amides is 1. The van der Waals surface area contributed by atoms with Gasteiger partial charge in [-0.2, -0.15) is 18.2 Å². The Kier molecular flexibility index (Phi) is 7.09. The number of hydrogen-bond donors (Lipinski definition) is 1. The molecule has 1 aliphatic heterocycles. The van der Waals surface area contributed by atoms with Crippen molar-refractivity contribution in [3.05, 3.63) is 72.1 Å². The molecule has 0 atom stereocenters. The molecule has 4 aromatic rings. The van der Waals surface area contributed by atoms with Crippen molar-refractivity contribution in [1.29, 1.82) is 0 Å². The third-order valence-electron chi connectivity index (χ3n) is 6.45. The molecule has 3 heterocycles. The molecule has 1 saturated heterocycles. The lowest BCUT2D eigenvalue weighted by Crippen LogP contribution is -2.49. The summed E-state index contributed by atoms with van der Waals surface area (Å²) in [6.45, 7) is 2.12. The van der Waals surface area contributed by atoms with Crippen molar-refractivity contribution in [2.45, 2.75) is 6.18 Å². The van der Waals surface area contributed by atoms with Gasteiger partial charge in [-0.1, -0.05) is 6.07 Å². The zero-order chi connectivity index (χ0) is 27.6. The average molecular weight is 539 g/mol. The summed E-state index contributed by atoms with van der Waals surface area (Å²) in [5.74, 6) is 1.22. The van der Waals surface area contributed by atoms with E-state index in [1.165, 1.54) is 32.7 Å². The van der Waals surface area contributed by atoms with Gasteiger partial charge in [0.1, 0.15) is 0 Å². The van der Waals surface area contributed by atoms with E-state index >= 15 is 0 Å². The molecule has 1 N–H and O–H groups in total. The predicted molar refractivity (Wildman–Crippen MR) is 140 cm³/mol. The number of aromatic nitrogens is 3. The Labute approximate surface area is 222 Å². The van der Waals surface area contributed by atoms with Crippen LogP contribution in [-0.2, 0) is 6.18 Å². The fourth-order valence-electron chi connectivity index (χ4n) is 4.39. The van der Waals surface area contributed by atoms with Crippen LogP contribution < -0.4 is 19.7 Å². The number of rotatable bonds is 6. The maximum atomic E-state index is 13.1. The van der Waals surface area contributed by atoms with E-state index in [0.717, 1.165) is 12.1 Å². The first-order valence-electron chi connectivity index (χ1n) is 12.1. The number of carbonyl (C=O) groups excluding carboxylic acids is 1. The minimum Gasteiger partial charge on any atom is -0.480 e. The molecular weight excluding hydrogens is 513 g/mol. The number of benzene rings is 2. The minimum absolute atomic E-state index is 0.0944. The highest BCUT2D eigenvalue weighted by Crippen LogP contribution is 2.33. The predicted octanol–water partition coefficient (Wildman–Crippen LogP) is 4.77. The van der Waals surface area contributed by atoms with Crippen molar-refractivity contribution in [3.8, 4) is 11.8 Å². The molecule has 9 nitrogen and oxygen atoms in total. The van der Waals surface area contributed by atoms with Crippen molar-refractivity contribution >= 4 is 34.0 Å². The highest BCUT2D eigenvalue weighted by molar-refractivity contribution is 5.96. The van der Waals surface area contributed by atoms with Crippen molar-refractivity contribution in [2.75, 3.05) is 50.6 Å². The van der Waals surface area contributed by atoms with Gasteiger partial charge in [-0.05, 0) is 42.5 Å². The third kappa shape index (κ3) is 5.49. The van der Waals surface area contributed by atoms with Gasteiger partial charge in [0, 0.05) is 54.7 Å². The number of nitrogens with zero attached hydrogens (tertiary/aromatic N) is 5. The summed E-state index contributed by atoms with van der Waals surface area (Å²) in [6, 6.07) is 12.1. The Morgan fingerprint density at radius 2 is 1.69 bits per heavy atom. The van der Waals surface area contributed by atoms with Gasteiger partial charge < -0.3 is 24.6 Å². The van der Waals surface area contributed by atoms with E-state index < -0.39 is 11.7 Å². The van der Waals surface area contributed by atoms with Crippen molar-refractivity contribution in [3.63, 3.8) is 0 Å². The second kappa shape index (κ2) is 10.6. The van der Waals surface area contributed by atoms with E-state index in [2.05, 4.69) is 20.3 Å². The second-order valence-electron chi connectivity index (χ2n) is 8.82. The second-order valence-corrected chi connectivity index (χ2v) is 8.82. The normalized spacial score (nSPS) is 13.9. The zero-order valence-corrected chi connectivity index (χ0v) is 21.2. The fourth-order valence-corrected chi connectivity index (χ4v) is 4.39. The van der Waals surface area contributed by atoms with Crippen LogP contribution in [0.4, 0.5) is 30.4 Å². The summed E-state index contributed by atoms with van der Waals surface area (Å²) in [6.07, 6.45) is -1.46. The fraction of sp³-hybridized carbons (Fsp3) is 0.259. The Morgan fingerprint density at radius 1 is 0.949 bits per heavy atom. The topological polar surface area (TPSA) is 92.7 Å². The van der Waals surface area contributed by atoms with Crippen LogP contribution in [0.3, 0.4) is 0 Å². The number of hydrogen-bond acceptors (Lipinski definition) is 8. The molecule has 0 aliphatic carbocycles. The van der Waals surface area contributed by atoms with E-state index in [-0.39, 0.29) is 11.4 Å². The maximum absolute atomic E-state index is 13.1. The number of halogens is 3. The summed E-state index contributed by atoms with van der Waals surface area (Å²) < 4.78 is 49.6. The van der Waals surface area contributed by atoms with Crippen LogP contribution in [0.2, 0.25) is 0 Å². The van der Waals surface area contributed by atoms with Gasteiger partial charge in [-0.3, -0.25) is 9.78 Å². The van der Waals surface area contributed by atoms with Crippen molar-refractivity contribution < 1.29 is 27.4 Å². The first kappa shape index (κ1) is 26.0. The smallest absolute Gasteiger partial charge is 0.416 e. The Hall–Kier alpha value is -4.61. The molecule has 202 valence electrons. The van der Waals surface area contributed by atoms with Gasteiger partial charge in [0.25, 0.3) is 11.8 Å². The van der Waals surface area contributed by atoms with Crippen molar-refractivity contribution in [1.82, 2.24) is 19.9 Å². The molecule has 0 bridgehead atoms. The number of fused-ring (bicyclic) bond motifs is 1. The molecular formula is C27H25F3N6O3. The number of pyridine rings is 1. The van der Waals surface area contributed by atoms with Crippen molar-refractivity contribution in [2.24, 2.45) is 0 Å². The Balaban J connectivity index is 1.24. The van der Waals surface area contributed by atoms with Gasteiger partial charge in [0.05, 0.1) is 31.5 Å². The maximum Gasteiger partial charge on any atom is 0.416 e. The number of alkyl halides is 3. The number of anilines is 3. The summed E-state index contributed by atoms with van der Waals surface area (Å²) in [5.41, 5.74) is 1.32. The Bertz CT molecular complexity index is 1490. The molecule has 0 spiro atoms. The number of ether oxygens (including phenoxy) is 2. The molecule has 39 heavy (non-hydrogen) atoms. The third-order valence-corrected chi connectivity index (χ3v) is 6.45. The SMILES string of the molecule is COc1cnc(N2CCN(C(=O)c3ccc(Nc4ccnc5cc(C(F)(F)F)ccc45)cc3)CC2)c(OC)n1. The van der Waals surface area contributed by atoms with Gasteiger partial charge in [-0.25, -0.2) is 4.98 Å². The molecule has 1 amide bonds. The first-order valence-corrected chi connectivity index (χ1v) is 12.1. The van der Waals surface area contributed by atoms with Crippen LogP contribution >= 0.6 is 0 Å². The molecule has 2 aromatic carbocycles. The quantitative estimate of drug-likeness (QED) is 0.376. The molecule has 0 unspecified atom stereocenters. The highest BCUT2D eigenvalue weighted by atomic mass is 19.4. The standard InChI is InChI=1S/C27H25F3N6O3/c1-38-23-16-32-24(25(34-23)39-2)35-11-13-36(14-12-35)26(37)17-3-6-19(7-4-17)33-21-9-10-31-22-15-18(27(28,29)30)5-8-20(21)22/h3-10,15-16H,11-14H2,1-2H3,(H,31,33). The number of methoxy groups -OCH3 is 2. The number of nitrogens with one attached hydrogen (secondary N) is 1. The lowest BCUT2D eigenvalue weighted by molar-refractivity contribution is -0.137. The van der Waals surface area contributed by atoms with E-state index in [4.69, 9.17) is 9.47 Å². The number of piperazine rings is 1.